The second-order valence-electron chi connectivity index (χ2n) is 5.91. The summed E-state index contributed by atoms with van der Waals surface area (Å²) in [6.07, 6.45) is 1.54. The van der Waals surface area contributed by atoms with Crippen molar-refractivity contribution in [3.05, 3.63) is 76.5 Å². The van der Waals surface area contributed by atoms with E-state index in [1.165, 1.54) is 31.3 Å². The molecule has 0 aliphatic heterocycles. The summed E-state index contributed by atoms with van der Waals surface area (Å²) in [4.78, 5) is 39.0. The summed E-state index contributed by atoms with van der Waals surface area (Å²) in [5.74, 6) is -0.996. The van der Waals surface area contributed by atoms with Crippen LogP contribution >= 0.6 is 0 Å². The summed E-state index contributed by atoms with van der Waals surface area (Å²) in [5, 5.41) is 16.9. The van der Waals surface area contributed by atoms with Crippen molar-refractivity contribution < 1.29 is 14.5 Å². The van der Waals surface area contributed by atoms with Crippen LogP contribution in [-0.4, -0.2) is 27.8 Å². The molecule has 0 bridgehead atoms. The number of aromatic nitrogens is 1. The molecule has 136 valence electrons. The number of non-ortho nitro benzene ring substituents is 1. The van der Waals surface area contributed by atoms with Crippen molar-refractivity contribution in [2.75, 3.05) is 5.32 Å². The second kappa shape index (κ2) is 7.61. The van der Waals surface area contributed by atoms with Gasteiger partial charge < -0.3 is 10.6 Å². The number of nitro benzene ring substituents is 1. The fourth-order valence-electron chi connectivity index (χ4n) is 2.50. The summed E-state index contributed by atoms with van der Waals surface area (Å²) < 4.78 is 0. The number of rotatable bonds is 5. The predicted molar refractivity (Wildman–Crippen MR) is 100 cm³/mol. The third kappa shape index (κ3) is 4.24. The summed E-state index contributed by atoms with van der Waals surface area (Å²) in [5.41, 5.74) is 1.23. The van der Waals surface area contributed by atoms with Gasteiger partial charge in [0.1, 0.15) is 6.04 Å². The van der Waals surface area contributed by atoms with Crippen LogP contribution < -0.4 is 10.6 Å². The summed E-state index contributed by atoms with van der Waals surface area (Å²) >= 11 is 0. The molecular weight excluding hydrogens is 348 g/mol. The molecule has 0 aliphatic carbocycles. The Kier molecular flexibility index (Phi) is 5.07. The van der Waals surface area contributed by atoms with E-state index in [1.54, 1.807) is 6.07 Å². The zero-order chi connectivity index (χ0) is 19.4. The molecule has 0 saturated heterocycles. The van der Waals surface area contributed by atoms with Gasteiger partial charge in [0, 0.05) is 23.1 Å². The lowest BCUT2D eigenvalue weighted by Crippen LogP contribution is -2.41. The number of carbonyl (C=O) groups is 2. The van der Waals surface area contributed by atoms with E-state index < -0.39 is 22.8 Å². The second-order valence-corrected chi connectivity index (χ2v) is 5.91. The van der Waals surface area contributed by atoms with Crippen LogP contribution in [0.1, 0.15) is 17.3 Å². The Labute approximate surface area is 154 Å². The maximum absolute atomic E-state index is 12.3. The molecule has 1 heterocycles. The Balaban J connectivity index is 1.66. The summed E-state index contributed by atoms with van der Waals surface area (Å²) in [6, 6.07) is 13.7. The van der Waals surface area contributed by atoms with Gasteiger partial charge in [0.05, 0.1) is 22.3 Å². The van der Waals surface area contributed by atoms with Crippen molar-refractivity contribution >= 4 is 34.1 Å². The molecule has 8 nitrogen and oxygen atoms in total. The van der Waals surface area contributed by atoms with Gasteiger partial charge in [-0.15, -0.1) is 0 Å². The van der Waals surface area contributed by atoms with Crippen molar-refractivity contribution in [1.29, 1.82) is 0 Å². The molecule has 2 N–H and O–H groups in total. The Hall–Kier alpha value is -3.81. The largest absolute Gasteiger partial charge is 0.341 e. The average Bonchev–Trinajstić information content (AvgIpc) is 2.67. The van der Waals surface area contributed by atoms with Gasteiger partial charge in [0.25, 0.3) is 11.6 Å². The number of carbonyl (C=O) groups excluding carboxylic acids is 2. The van der Waals surface area contributed by atoms with E-state index in [2.05, 4.69) is 15.6 Å². The Morgan fingerprint density at radius 2 is 1.89 bits per heavy atom. The molecule has 1 atom stereocenters. The van der Waals surface area contributed by atoms with Crippen LogP contribution in [0.2, 0.25) is 0 Å². The topological polar surface area (TPSA) is 114 Å². The SMILES string of the molecule is CC(NC(=O)c1cccc([N+](=O)[O-])c1)C(=O)Nc1cnc2ccccc2c1. The van der Waals surface area contributed by atoms with Crippen molar-refractivity contribution in [2.24, 2.45) is 0 Å². The molecule has 3 aromatic rings. The first-order valence-electron chi connectivity index (χ1n) is 8.15. The number of hydrogen-bond donors (Lipinski definition) is 2. The van der Waals surface area contributed by atoms with Gasteiger partial charge >= 0.3 is 0 Å². The van der Waals surface area contributed by atoms with E-state index >= 15 is 0 Å². The third-order valence-electron chi connectivity index (χ3n) is 3.92. The quantitative estimate of drug-likeness (QED) is 0.534. The molecule has 1 aromatic heterocycles. The van der Waals surface area contributed by atoms with Gasteiger partial charge in [-0.2, -0.15) is 0 Å². The normalized spacial score (nSPS) is 11.6. The minimum Gasteiger partial charge on any atom is -0.341 e. The van der Waals surface area contributed by atoms with Crippen LogP contribution in [0.15, 0.2) is 60.8 Å². The van der Waals surface area contributed by atoms with Crippen LogP contribution in [-0.2, 0) is 4.79 Å². The molecule has 27 heavy (non-hydrogen) atoms. The van der Waals surface area contributed by atoms with E-state index in [0.29, 0.717) is 5.69 Å². The number of nitro groups is 1. The van der Waals surface area contributed by atoms with Gasteiger partial charge in [0.2, 0.25) is 5.91 Å². The highest BCUT2D eigenvalue weighted by Crippen LogP contribution is 2.16. The first kappa shape index (κ1) is 18.0. The maximum atomic E-state index is 12.3. The van der Waals surface area contributed by atoms with Crippen molar-refractivity contribution in [3.8, 4) is 0 Å². The zero-order valence-corrected chi connectivity index (χ0v) is 14.4. The van der Waals surface area contributed by atoms with Crippen molar-refractivity contribution in [1.82, 2.24) is 10.3 Å². The smallest absolute Gasteiger partial charge is 0.270 e. The Bertz CT molecular complexity index is 1030. The molecule has 0 radical (unpaired) electrons. The molecule has 8 heteroatoms. The highest BCUT2D eigenvalue weighted by molar-refractivity contribution is 6.01. The number of hydrogen-bond acceptors (Lipinski definition) is 5. The van der Waals surface area contributed by atoms with Gasteiger partial charge in [-0.05, 0) is 25.1 Å². The molecule has 0 saturated carbocycles. The van der Waals surface area contributed by atoms with Crippen molar-refractivity contribution in [3.63, 3.8) is 0 Å². The van der Waals surface area contributed by atoms with Crippen molar-refractivity contribution in [2.45, 2.75) is 13.0 Å². The monoisotopic (exact) mass is 364 g/mol. The molecule has 0 fully saturated rings. The van der Waals surface area contributed by atoms with Crippen LogP contribution in [0, 0.1) is 10.1 Å². The summed E-state index contributed by atoms with van der Waals surface area (Å²) in [7, 11) is 0. The van der Waals surface area contributed by atoms with Gasteiger partial charge in [-0.25, -0.2) is 0 Å². The van der Waals surface area contributed by atoms with E-state index in [0.717, 1.165) is 17.0 Å². The highest BCUT2D eigenvalue weighted by Gasteiger charge is 2.18. The zero-order valence-electron chi connectivity index (χ0n) is 14.4. The van der Waals surface area contributed by atoms with E-state index in [4.69, 9.17) is 0 Å². The van der Waals surface area contributed by atoms with Crippen LogP contribution in [0.3, 0.4) is 0 Å². The van der Waals surface area contributed by atoms with Gasteiger partial charge in [-0.1, -0.05) is 24.3 Å². The maximum Gasteiger partial charge on any atom is 0.270 e. The van der Waals surface area contributed by atoms with Crippen LogP contribution in [0.4, 0.5) is 11.4 Å². The lowest BCUT2D eigenvalue weighted by Gasteiger charge is -2.14. The average molecular weight is 364 g/mol. The standard InChI is InChI=1S/C19H16N4O4/c1-12(21-19(25)14-6-4-7-16(10-14)23(26)27)18(24)22-15-9-13-5-2-3-8-17(13)20-11-15/h2-12H,1H3,(H,21,25)(H,22,24). The van der Waals surface area contributed by atoms with Gasteiger partial charge in [-0.3, -0.25) is 24.7 Å². The first-order valence-corrected chi connectivity index (χ1v) is 8.15. The van der Waals surface area contributed by atoms with Gasteiger partial charge in [0.15, 0.2) is 0 Å². The molecule has 0 aliphatic rings. The minimum absolute atomic E-state index is 0.108. The lowest BCUT2D eigenvalue weighted by atomic mass is 10.1. The summed E-state index contributed by atoms with van der Waals surface area (Å²) in [6.45, 7) is 1.53. The lowest BCUT2D eigenvalue weighted by molar-refractivity contribution is -0.384. The van der Waals surface area contributed by atoms with E-state index in [-0.39, 0.29) is 11.3 Å². The highest BCUT2D eigenvalue weighted by atomic mass is 16.6. The Morgan fingerprint density at radius 1 is 1.11 bits per heavy atom. The first-order chi connectivity index (χ1) is 12.9. The predicted octanol–water partition coefficient (Wildman–Crippen LogP) is 2.90. The van der Waals surface area contributed by atoms with E-state index in [9.17, 15) is 19.7 Å². The number of benzene rings is 2. The van der Waals surface area contributed by atoms with Crippen LogP contribution in [0.25, 0.3) is 10.9 Å². The number of pyridine rings is 1. The number of fused-ring (bicyclic) bond motifs is 1. The molecule has 0 spiro atoms. The number of amides is 2. The van der Waals surface area contributed by atoms with E-state index in [1.807, 2.05) is 24.3 Å². The number of nitrogens with zero attached hydrogens (tertiary/aromatic N) is 2. The minimum atomic E-state index is -0.844. The fraction of sp³-hybridized carbons (Fsp3) is 0.105. The number of nitrogens with one attached hydrogen (secondary N) is 2. The number of para-hydroxylation sites is 1. The molecule has 3 rings (SSSR count). The van der Waals surface area contributed by atoms with Crippen LogP contribution in [0.5, 0.6) is 0 Å². The number of anilines is 1. The third-order valence-corrected chi connectivity index (χ3v) is 3.92. The Morgan fingerprint density at radius 3 is 2.67 bits per heavy atom. The molecule has 2 aromatic carbocycles. The molecular formula is C19H16N4O4. The molecule has 2 amide bonds. The molecule has 1 unspecified atom stereocenters. The fourth-order valence-corrected chi connectivity index (χ4v) is 2.50.